The van der Waals surface area contributed by atoms with Gasteiger partial charge in [0.05, 0.1) is 23.3 Å². The van der Waals surface area contributed by atoms with Crippen LogP contribution >= 0.6 is 34.5 Å². The maximum atomic E-state index is 14.6. The normalized spacial score (nSPS) is 18.5. The van der Waals surface area contributed by atoms with Gasteiger partial charge in [-0.15, -0.1) is 11.3 Å². The zero-order valence-electron chi connectivity index (χ0n) is 34.9. The molecule has 0 bridgehead atoms. The molecule has 0 spiro atoms. The van der Waals surface area contributed by atoms with Crippen LogP contribution in [0.1, 0.15) is 52.1 Å². The Morgan fingerprint density at radius 2 is 1.69 bits per heavy atom. The first-order valence-electron chi connectivity index (χ1n) is 20.4. The maximum absolute atomic E-state index is 14.6. The average molecular weight is 955 g/mol. The van der Waals surface area contributed by atoms with E-state index in [1.165, 1.54) is 6.92 Å². The number of carboxylic acid groups (broad SMARTS) is 1. The van der Waals surface area contributed by atoms with Gasteiger partial charge < -0.3 is 30.0 Å². The van der Waals surface area contributed by atoms with Crippen LogP contribution in [0.15, 0.2) is 112 Å². The number of hydrogen-bond acceptors (Lipinski definition) is 11. The largest absolute Gasteiger partial charge is 0.493 e. The zero-order chi connectivity index (χ0) is 46.0. The van der Waals surface area contributed by atoms with E-state index in [9.17, 15) is 27.9 Å². The molecule has 1 aromatic heterocycles. The molecule has 0 saturated heterocycles. The molecule has 334 valence electrons. The van der Waals surface area contributed by atoms with Crippen LogP contribution in [0.3, 0.4) is 0 Å². The molecule has 5 aromatic rings. The number of aliphatic carboxylic acids is 1. The Morgan fingerprint density at radius 1 is 1.00 bits per heavy atom. The number of anilines is 1. The van der Waals surface area contributed by atoms with Gasteiger partial charge in [0.15, 0.2) is 27.8 Å². The molecule has 2 aliphatic heterocycles. The lowest BCUT2D eigenvalue weighted by Crippen LogP contribution is -2.55. The molecule has 3 N–H and O–H groups in total. The van der Waals surface area contributed by atoms with Crippen molar-refractivity contribution in [2.75, 3.05) is 18.5 Å². The average Bonchev–Trinajstić information content (AvgIpc) is 3.67. The predicted octanol–water partition coefficient (Wildman–Crippen LogP) is 8.03. The number of benzene rings is 4. The number of amides is 2. The van der Waals surface area contributed by atoms with Crippen LogP contribution < -0.4 is 24.8 Å². The van der Waals surface area contributed by atoms with Crippen molar-refractivity contribution in [2.45, 2.75) is 62.9 Å². The van der Waals surface area contributed by atoms with E-state index in [4.69, 9.17) is 42.7 Å². The molecule has 0 fully saturated rings. The summed E-state index contributed by atoms with van der Waals surface area (Å²) < 4.78 is 48.9. The first-order chi connectivity index (χ1) is 31.1. The van der Waals surface area contributed by atoms with Gasteiger partial charge in [-0.2, -0.15) is 9.57 Å². The van der Waals surface area contributed by atoms with Crippen molar-refractivity contribution in [3.05, 3.63) is 140 Å². The van der Waals surface area contributed by atoms with Crippen molar-refractivity contribution in [3.8, 4) is 34.4 Å². The quantitative estimate of drug-likeness (QED) is 0.103. The molecule has 8 rings (SSSR count). The molecule has 1 aliphatic carbocycles. The third kappa shape index (κ3) is 10.2. The van der Waals surface area contributed by atoms with Crippen LogP contribution in [-0.4, -0.2) is 65.9 Å². The number of carbonyl (C=O) groups is 3. The molecule has 2 unspecified atom stereocenters. The molecule has 14 nitrogen and oxygen atoms in total. The number of fused-ring (bicyclic) bond motifs is 2. The monoisotopic (exact) mass is 953 g/mol. The number of aromatic nitrogens is 1. The highest BCUT2D eigenvalue weighted by Crippen LogP contribution is 2.42. The van der Waals surface area contributed by atoms with Gasteiger partial charge in [-0.1, -0.05) is 77.8 Å². The molecule has 2 amide bonds. The van der Waals surface area contributed by atoms with Gasteiger partial charge >= 0.3 is 5.97 Å². The summed E-state index contributed by atoms with van der Waals surface area (Å²) in [6.45, 7) is 3.13. The van der Waals surface area contributed by atoms with Gasteiger partial charge in [-0.25, -0.2) is 18.2 Å². The fourth-order valence-corrected chi connectivity index (χ4v) is 11.1. The summed E-state index contributed by atoms with van der Waals surface area (Å²) in [5.41, 5.74) is 4.84. The highest BCUT2D eigenvalue weighted by atomic mass is 35.5. The van der Waals surface area contributed by atoms with Crippen molar-refractivity contribution in [3.63, 3.8) is 0 Å². The second kappa shape index (κ2) is 19.1. The number of nitriles is 1. The standard InChI is InChI=1S/C47H41Cl2N5O9S2/c1-26-45(53-47(64-26)51-27(2)55)65(59,60)54-23-35-21-42-41(62-25-43(63-42)33-12-14-36(15-13-33)61-24-30-7-16-37(48)38(49)17-30)20-34(35)19-40(54)44(56)52-39(46(57)58)18-28-3-8-31(9-4-28)32-10-5-29(22-50)6-11-32/h3-16,20-21,30,39-40,43H,17-19,23-25H2,1-2H3,(H,52,56)(H,57,58)(H,51,53,55)/t30?,39-,40-,43?/m0/s1. The van der Waals surface area contributed by atoms with Crippen molar-refractivity contribution < 1.29 is 42.1 Å². The minimum absolute atomic E-state index is 0.0717. The smallest absolute Gasteiger partial charge is 0.326 e. The summed E-state index contributed by atoms with van der Waals surface area (Å²) in [7, 11) is -4.54. The Kier molecular flexibility index (Phi) is 13.3. The minimum Gasteiger partial charge on any atom is -0.493 e. The first kappa shape index (κ1) is 45.4. The number of allylic oxidation sites excluding steroid dienone is 3. The van der Waals surface area contributed by atoms with E-state index >= 15 is 0 Å². The molecule has 4 atom stereocenters. The lowest BCUT2D eigenvalue weighted by Gasteiger charge is -2.36. The lowest BCUT2D eigenvalue weighted by molar-refractivity contribution is -0.142. The number of nitrogens with one attached hydrogen (secondary N) is 2. The lowest BCUT2D eigenvalue weighted by atomic mass is 9.93. The number of rotatable bonds is 13. The fourth-order valence-electron chi connectivity index (χ4n) is 7.78. The number of carboxylic acids is 1. The van der Waals surface area contributed by atoms with Crippen LogP contribution in [-0.2, 0) is 43.8 Å². The van der Waals surface area contributed by atoms with E-state index in [0.717, 1.165) is 32.3 Å². The molecular weight excluding hydrogens is 914 g/mol. The van der Waals surface area contributed by atoms with E-state index in [2.05, 4.69) is 21.7 Å². The maximum Gasteiger partial charge on any atom is 0.326 e. The Morgan fingerprint density at radius 3 is 2.35 bits per heavy atom. The number of aryl methyl sites for hydroxylation is 1. The van der Waals surface area contributed by atoms with Crippen LogP contribution in [0.4, 0.5) is 5.13 Å². The van der Waals surface area contributed by atoms with Crippen molar-refractivity contribution >= 4 is 67.5 Å². The van der Waals surface area contributed by atoms with Crippen molar-refractivity contribution in [1.82, 2.24) is 14.6 Å². The van der Waals surface area contributed by atoms with Gasteiger partial charge in [-0.3, -0.25) is 9.59 Å². The summed E-state index contributed by atoms with van der Waals surface area (Å²) in [5, 5.41) is 25.5. The third-order valence-corrected chi connectivity index (χ3v) is 14.9. The van der Waals surface area contributed by atoms with E-state index in [1.54, 1.807) is 49.4 Å². The molecular formula is C47H41Cl2N5O9S2. The molecule has 0 saturated carbocycles. The number of carbonyl (C=O) groups excluding carboxylic acids is 2. The van der Waals surface area contributed by atoms with Gasteiger partial charge in [0, 0.05) is 35.7 Å². The third-order valence-electron chi connectivity index (χ3n) is 11.2. The van der Waals surface area contributed by atoms with Crippen molar-refractivity contribution in [2.24, 2.45) is 5.92 Å². The van der Waals surface area contributed by atoms with Crippen LogP contribution in [0.5, 0.6) is 17.2 Å². The summed E-state index contributed by atoms with van der Waals surface area (Å²) in [6, 6.07) is 24.3. The summed E-state index contributed by atoms with van der Waals surface area (Å²) in [5.74, 6) is -1.03. The number of ether oxygens (including phenoxy) is 3. The Bertz CT molecular complexity index is 2880. The second-order valence-corrected chi connectivity index (χ2v) is 19.6. The Labute approximate surface area is 389 Å². The number of thiazole rings is 1. The van der Waals surface area contributed by atoms with Crippen LogP contribution in [0, 0.1) is 24.2 Å². The number of sulfonamides is 1. The van der Waals surface area contributed by atoms with E-state index in [0.29, 0.717) is 62.6 Å². The van der Waals surface area contributed by atoms with E-state index in [-0.39, 0.29) is 46.9 Å². The number of hydrogen-bond donors (Lipinski definition) is 3. The van der Waals surface area contributed by atoms with Crippen LogP contribution in [0.25, 0.3) is 11.1 Å². The highest BCUT2D eigenvalue weighted by molar-refractivity contribution is 7.89. The van der Waals surface area contributed by atoms with E-state index in [1.807, 2.05) is 54.6 Å². The summed E-state index contributed by atoms with van der Waals surface area (Å²) in [4.78, 5) is 43.4. The predicted molar refractivity (Wildman–Crippen MR) is 244 cm³/mol. The molecule has 4 aromatic carbocycles. The summed E-state index contributed by atoms with van der Waals surface area (Å²) in [6.07, 6.45) is 3.62. The molecule has 0 radical (unpaired) electrons. The first-order valence-corrected chi connectivity index (χ1v) is 23.5. The topological polar surface area (TPSA) is 197 Å². The molecule has 18 heteroatoms. The summed E-state index contributed by atoms with van der Waals surface area (Å²) >= 11 is 13.3. The Balaban J connectivity index is 1.02. The van der Waals surface area contributed by atoms with Crippen LogP contribution in [0.2, 0.25) is 0 Å². The fraction of sp³-hybridized carbons (Fsp3) is 0.255. The molecule has 3 heterocycles. The molecule has 65 heavy (non-hydrogen) atoms. The zero-order valence-corrected chi connectivity index (χ0v) is 38.1. The SMILES string of the molecule is CC(=O)Nc1nc(S(=O)(=O)N2Cc3cc4c(cc3C[C@H]2C(=O)N[C@@H](Cc2ccc(-c3ccc(C#N)cc3)cc2)C(=O)O)OCC(c2ccc(OCC3C=CC(Cl)=C(Cl)C3)cc2)O4)c(C)s1. The van der Waals surface area contributed by atoms with Gasteiger partial charge in [0.1, 0.15) is 24.4 Å². The minimum atomic E-state index is -4.54. The number of nitrogens with zero attached hydrogens (tertiary/aromatic N) is 3. The highest BCUT2D eigenvalue weighted by Gasteiger charge is 2.43. The van der Waals surface area contributed by atoms with E-state index < -0.39 is 46.0 Å². The molecule has 3 aliphatic rings. The van der Waals surface area contributed by atoms with Gasteiger partial charge in [0.2, 0.25) is 11.8 Å². The number of halogens is 2. The van der Waals surface area contributed by atoms with Gasteiger partial charge in [-0.05, 0) is 95.6 Å². The Hall–Kier alpha value is -6.22. The van der Waals surface area contributed by atoms with Gasteiger partial charge in [0.25, 0.3) is 10.0 Å². The second-order valence-electron chi connectivity index (χ2n) is 15.8. The van der Waals surface area contributed by atoms with Crippen molar-refractivity contribution in [1.29, 1.82) is 5.26 Å².